The Hall–Kier alpha value is -1.81. The van der Waals surface area contributed by atoms with Gasteiger partial charge in [-0.1, -0.05) is 18.0 Å². The molecule has 1 heterocycles. The van der Waals surface area contributed by atoms with E-state index >= 15 is 0 Å². The van der Waals surface area contributed by atoms with Gasteiger partial charge < -0.3 is 10.5 Å². The van der Waals surface area contributed by atoms with Crippen LogP contribution in [0.5, 0.6) is 5.88 Å². The normalized spacial score (nSPS) is 14.8. The number of pyridine rings is 1. The van der Waals surface area contributed by atoms with Gasteiger partial charge in [0.05, 0.1) is 17.3 Å². The molecule has 1 aliphatic rings. The number of anilines is 1. The van der Waals surface area contributed by atoms with Gasteiger partial charge in [-0.25, -0.2) is 9.37 Å². The molecule has 0 unspecified atom stereocenters. The number of ether oxygens (including phenoxy) is 1. The van der Waals surface area contributed by atoms with Crippen molar-refractivity contribution in [1.29, 1.82) is 0 Å². The van der Waals surface area contributed by atoms with Gasteiger partial charge in [-0.05, 0) is 37.0 Å². The van der Waals surface area contributed by atoms with E-state index in [2.05, 4.69) is 4.98 Å². The molecule has 0 bridgehead atoms. The lowest BCUT2D eigenvalue weighted by Gasteiger charge is -2.24. The second kappa shape index (κ2) is 5.90. The largest absolute Gasteiger partial charge is 0.477 e. The number of aromatic nitrogens is 1. The van der Waals surface area contributed by atoms with Crippen LogP contribution in [0.1, 0.15) is 19.3 Å². The molecular weight excluding hydrogens is 291 g/mol. The van der Waals surface area contributed by atoms with Crippen molar-refractivity contribution >= 4 is 17.3 Å². The van der Waals surface area contributed by atoms with E-state index in [4.69, 9.17) is 22.1 Å². The molecule has 1 aliphatic carbocycles. The molecule has 21 heavy (non-hydrogen) atoms. The van der Waals surface area contributed by atoms with Gasteiger partial charge in [0.2, 0.25) is 5.88 Å². The minimum absolute atomic E-state index is 0.0390. The van der Waals surface area contributed by atoms with Crippen LogP contribution in [0.2, 0.25) is 5.02 Å². The molecule has 110 valence electrons. The summed E-state index contributed by atoms with van der Waals surface area (Å²) in [5, 5.41) is 0.402. The van der Waals surface area contributed by atoms with Crippen LogP contribution < -0.4 is 10.5 Å². The average molecular weight is 307 g/mol. The molecule has 2 N–H and O–H groups in total. The van der Waals surface area contributed by atoms with Crippen LogP contribution >= 0.6 is 11.6 Å². The molecule has 0 atom stereocenters. The van der Waals surface area contributed by atoms with E-state index in [0.717, 1.165) is 5.56 Å². The fourth-order valence-corrected chi connectivity index (χ4v) is 2.55. The van der Waals surface area contributed by atoms with Crippen molar-refractivity contribution in [2.24, 2.45) is 5.92 Å². The van der Waals surface area contributed by atoms with Gasteiger partial charge in [0.1, 0.15) is 5.82 Å². The molecular formula is C16H16ClFN2O. The number of halogens is 2. The SMILES string of the molecule is Nc1cc(Cl)c(-c2ccc(OCC3CCC3)nc2)cc1F. The Labute approximate surface area is 127 Å². The summed E-state index contributed by atoms with van der Waals surface area (Å²) in [6.07, 6.45) is 5.39. The summed E-state index contributed by atoms with van der Waals surface area (Å²) in [5.74, 6) is 0.754. The third-order valence-electron chi connectivity index (χ3n) is 3.83. The van der Waals surface area contributed by atoms with Crippen molar-refractivity contribution < 1.29 is 9.13 Å². The molecule has 0 aliphatic heterocycles. The number of nitrogens with two attached hydrogens (primary N) is 1. The molecule has 0 saturated heterocycles. The lowest BCUT2D eigenvalue weighted by molar-refractivity contribution is 0.175. The molecule has 1 aromatic heterocycles. The summed E-state index contributed by atoms with van der Waals surface area (Å²) < 4.78 is 19.2. The maximum Gasteiger partial charge on any atom is 0.213 e. The summed E-state index contributed by atoms with van der Waals surface area (Å²) in [5.41, 5.74) is 6.82. The molecule has 1 fully saturated rings. The van der Waals surface area contributed by atoms with E-state index in [-0.39, 0.29) is 5.69 Å². The van der Waals surface area contributed by atoms with Crippen LogP contribution in [0.3, 0.4) is 0 Å². The predicted octanol–water partition coefficient (Wildman–Crippen LogP) is 4.30. The first-order valence-corrected chi connectivity index (χ1v) is 7.35. The minimum atomic E-state index is -0.486. The fraction of sp³-hybridized carbons (Fsp3) is 0.312. The minimum Gasteiger partial charge on any atom is -0.477 e. The number of rotatable bonds is 4. The first kappa shape index (κ1) is 14.1. The highest BCUT2D eigenvalue weighted by Gasteiger charge is 2.18. The van der Waals surface area contributed by atoms with Crippen molar-refractivity contribution in [2.75, 3.05) is 12.3 Å². The third-order valence-corrected chi connectivity index (χ3v) is 4.14. The molecule has 1 saturated carbocycles. The number of hydrogen-bond donors (Lipinski definition) is 1. The average Bonchev–Trinajstić information content (AvgIpc) is 2.42. The standard InChI is InChI=1S/C16H16ClFN2O/c17-13-7-15(19)14(18)6-12(13)11-4-5-16(20-8-11)21-9-10-2-1-3-10/h4-8,10H,1-3,9,19H2. The molecule has 0 spiro atoms. The highest BCUT2D eigenvalue weighted by Crippen LogP contribution is 2.32. The van der Waals surface area contributed by atoms with Gasteiger partial charge in [-0.3, -0.25) is 0 Å². The summed E-state index contributed by atoms with van der Waals surface area (Å²) >= 11 is 6.10. The highest BCUT2D eigenvalue weighted by atomic mass is 35.5. The van der Waals surface area contributed by atoms with Gasteiger partial charge in [0.25, 0.3) is 0 Å². The Morgan fingerprint density at radius 2 is 2.14 bits per heavy atom. The van der Waals surface area contributed by atoms with Crippen molar-refractivity contribution in [3.8, 4) is 17.0 Å². The second-order valence-electron chi connectivity index (χ2n) is 5.35. The molecule has 0 radical (unpaired) electrons. The van der Waals surface area contributed by atoms with Crippen LogP contribution in [-0.2, 0) is 0 Å². The monoisotopic (exact) mass is 306 g/mol. The Balaban J connectivity index is 1.75. The van der Waals surface area contributed by atoms with E-state index in [1.54, 1.807) is 12.3 Å². The van der Waals surface area contributed by atoms with E-state index in [0.29, 0.717) is 29.0 Å². The Morgan fingerprint density at radius 3 is 2.76 bits per heavy atom. The van der Waals surface area contributed by atoms with Crippen molar-refractivity contribution in [3.05, 3.63) is 41.3 Å². The lowest BCUT2D eigenvalue weighted by atomic mass is 9.86. The van der Waals surface area contributed by atoms with E-state index < -0.39 is 5.82 Å². The lowest BCUT2D eigenvalue weighted by Crippen LogP contribution is -2.19. The Bertz CT molecular complexity index is 641. The van der Waals surface area contributed by atoms with Gasteiger partial charge in [-0.15, -0.1) is 0 Å². The third kappa shape index (κ3) is 3.10. The Morgan fingerprint density at radius 1 is 1.33 bits per heavy atom. The van der Waals surface area contributed by atoms with Gasteiger partial charge in [0, 0.05) is 23.4 Å². The molecule has 3 rings (SSSR count). The zero-order valence-electron chi connectivity index (χ0n) is 11.5. The van der Waals surface area contributed by atoms with Crippen LogP contribution in [0.15, 0.2) is 30.5 Å². The van der Waals surface area contributed by atoms with Crippen LogP contribution in [0, 0.1) is 11.7 Å². The predicted molar refractivity (Wildman–Crippen MR) is 81.9 cm³/mol. The summed E-state index contributed by atoms with van der Waals surface area (Å²) in [6, 6.07) is 6.33. The molecule has 1 aromatic carbocycles. The van der Waals surface area contributed by atoms with Gasteiger partial charge >= 0.3 is 0 Å². The first-order chi connectivity index (χ1) is 10.1. The summed E-state index contributed by atoms with van der Waals surface area (Å²) in [6.45, 7) is 0.712. The topological polar surface area (TPSA) is 48.1 Å². The molecule has 3 nitrogen and oxygen atoms in total. The maximum absolute atomic E-state index is 13.6. The van der Waals surface area contributed by atoms with E-state index in [1.165, 1.54) is 31.4 Å². The van der Waals surface area contributed by atoms with Gasteiger partial charge in [-0.2, -0.15) is 0 Å². The number of nitrogen functional groups attached to an aromatic ring is 1. The molecule has 0 amide bonds. The van der Waals surface area contributed by atoms with Crippen LogP contribution in [0.4, 0.5) is 10.1 Å². The first-order valence-electron chi connectivity index (χ1n) is 6.97. The highest BCUT2D eigenvalue weighted by molar-refractivity contribution is 6.33. The number of nitrogens with zero attached hydrogens (tertiary/aromatic N) is 1. The molecule has 5 heteroatoms. The second-order valence-corrected chi connectivity index (χ2v) is 5.75. The number of benzene rings is 1. The van der Waals surface area contributed by atoms with Crippen molar-refractivity contribution in [1.82, 2.24) is 4.98 Å². The van der Waals surface area contributed by atoms with Crippen LogP contribution in [-0.4, -0.2) is 11.6 Å². The summed E-state index contributed by atoms with van der Waals surface area (Å²) in [7, 11) is 0. The fourth-order valence-electron chi connectivity index (χ4n) is 2.27. The van der Waals surface area contributed by atoms with Crippen molar-refractivity contribution in [2.45, 2.75) is 19.3 Å². The van der Waals surface area contributed by atoms with Crippen molar-refractivity contribution in [3.63, 3.8) is 0 Å². The zero-order chi connectivity index (χ0) is 14.8. The zero-order valence-corrected chi connectivity index (χ0v) is 12.2. The smallest absolute Gasteiger partial charge is 0.213 e. The van der Waals surface area contributed by atoms with Crippen LogP contribution in [0.25, 0.3) is 11.1 Å². The quantitative estimate of drug-likeness (QED) is 0.857. The van der Waals surface area contributed by atoms with E-state index in [1.807, 2.05) is 6.07 Å². The summed E-state index contributed by atoms with van der Waals surface area (Å²) in [4.78, 5) is 4.24. The van der Waals surface area contributed by atoms with Gasteiger partial charge in [0.15, 0.2) is 0 Å². The number of hydrogen-bond acceptors (Lipinski definition) is 3. The Kier molecular flexibility index (Phi) is 3.97. The van der Waals surface area contributed by atoms with E-state index in [9.17, 15) is 4.39 Å². The maximum atomic E-state index is 13.6. The molecule has 2 aromatic rings.